The third-order valence-electron chi connectivity index (χ3n) is 6.46. The highest BCUT2D eigenvalue weighted by Crippen LogP contribution is 2.51. The molecule has 0 aromatic rings. The summed E-state index contributed by atoms with van der Waals surface area (Å²) in [6.45, 7) is 0. The number of carboxylic acid groups (broad SMARTS) is 1. The molecular formula is C22H30O4. The number of Topliss-reactive ketones (excluding diaryl/α,β-unsaturated/α-hetero) is 1. The van der Waals surface area contributed by atoms with Crippen LogP contribution in [0.1, 0.15) is 70.6 Å². The number of hydrogen-bond donors (Lipinski definition) is 2. The minimum absolute atomic E-state index is 0.0303. The normalized spacial score (nSPS) is 32.9. The second-order valence-electron chi connectivity index (χ2n) is 8.26. The summed E-state index contributed by atoms with van der Waals surface area (Å²) in [5.41, 5.74) is 1.32. The van der Waals surface area contributed by atoms with Crippen molar-refractivity contribution in [1.82, 2.24) is 0 Å². The molecule has 0 radical (unpaired) electrons. The molecule has 26 heavy (non-hydrogen) atoms. The number of carbonyl (C=O) groups is 2. The topological polar surface area (TPSA) is 74.6 Å². The molecule has 4 atom stereocenters. The molecule has 0 spiro atoms. The number of fused-ring (bicyclic) bond motifs is 1. The first-order valence-electron chi connectivity index (χ1n) is 10.2. The fraction of sp³-hybridized carbons (Fsp3) is 0.727. The van der Waals surface area contributed by atoms with Gasteiger partial charge < -0.3 is 10.2 Å². The Morgan fingerprint density at radius 2 is 1.88 bits per heavy atom. The molecular weight excluding hydrogens is 328 g/mol. The van der Waals surface area contributed by atoms with Gasteiger partial charge in [0.05, 0.1) is 12.0 Å². The Kier molecular flexibility index (Phi) is 6.53. The van der Waals surface area contributed by atoms with Crippen molar-refractivity contribution in [3.63, 3.8) is 0 Å². The molecule has 4 heteroatoms. The summed E-state index contributed by atoms with van der Waals surface area (Å²) >= 11 is 0. The van der Waals surface area contributed by atoms with Gasteiger partial charge in [0.1, 0.15) is 0 Å². The minimum atomic E-state index is -0.767. The van der Waals surface area contributed by atoms with Crippen LogP contribution in [0.3, 0.4) is 0 Å². The summed E-state index contributed by atoms with van der Waals surface area (Å²) in [5.74, 6) is 6.35. The summed E-state index contributed by atoms with van der Waals surface area (Å²) < 4.78 is 0. The number of carbonyl (C=O) groups excluding carboxylic acids is 1. The average molecular weight is 358 g/mol. The standard InChI is InChI=1S/C22H30O4/c23-17(13-15-5-2-1-3-6-15)9-10-19-20-14-16(7-4-8-22(25)26)18(20)11-12-21(19)24/h7,15,18-21,24H,1-6,8,11-14H2,(H,25,26). The minimum Gasteiger partial charge on any atom is -0.481 e. The number of rotatable bonds is 5. The Hall–Kier alpha value is -1.60. The van der Waals surface area contributed by atoms with Crippen LogP contribution in [0.4, 0.5) is 0 Å². The molecule has 3 rings (SSSR count). The lowest BCUT2D eigenvalue weighted by molar-refractivity contribution is -0.136. The van der Waals surface area contributed by atoms with Crippen LogP contribution in [0.5, 0.6) is 0 Å². The van der Waals surface area contributed by atoms with E-state index in [2.05, 4.69) is 17.9 Å². The zero-order valence-electron chi connectivity index (χ0n) is 15.5. The van der Waals surface area contributed by atoms with E-state index in [4.69, 9.17) is 5.11 Å². The number of carboxylic acids is 1. The van der Waals surface area contributed by atoms with Gasteiger partial charge in [-0.25, -0.2) is 0 Å². The van der Waals surface area contributed by atoms with Crippen molar-refractivity contribution in [2.75, 3.05) is 0 Å². The van der Waals surface area contributed by atoms with Crippen LogP contribution in [0.2, 0.25) is 0 Å². The maximum atomic E-state index is 12.2. The third-order valence-corrected chi connectivity index (χ3v) is 6.46. The van der Waals surface area contributed by atoms with Gasteiger partial charge in [-0.05, 0) is 62.2 Å². The third kappa shape index (κ3) is 4.76. The van der Waals surface area contributed by atoms with Crippen molar-refractivity contribution in [3.8, 4) is 11.8 Å². The Morgan fingerprint density at radius 1 is 1.12 bits per heavy atom. The molecule has 0 saturated heterocycles. The van der Waals surface area contributed by atoms with Crippen LogP contribution in [0, 0.1) is 35.5 Å². The summed E-state index contributed by atoms with van der Waals surface area (Å²) in [5, 5.41) is 19.1. The van der Waals surface area contributed by atoms with Gasteiger partial charge >= 0.3 is 5.97 Å². The summed E-state index contributed by atoms with van der Waals surface area (Å²) in [4.78, 5) is 22.9. The molecule has 0 heterocycles. The molecule has 3 aliphatic carbocycles. The van der Waals surface area contributed by atoms with Gasteiger partial charge in [0.25, 0.3) is 0 Å². The number of hydrogen-bond acceptors (Lipinski definition) is 3. The van der Waals surface area contributed by atoms with Gasteiger partial charge in [0, 0.05) is 12.8 Å². The molecule has 4 nitrogen and oxygen atoms in total. The first kappa shape index (κ1) is 19.2. The van der Waals surface area contributed by atoms with Crippen LogP contribution in [0.25, 0.3) is 0 Å². The number of ketones is 1. The molecule has 0 amide bonds. The van der Waals surface area contributed by atoms with E-state index in [1.807, 2.05) is 0 Å². The van der Waals surface area contributed by atoms with E-state index in [0.717, 1.165) is 25.7 Å². The maximum Gasteiger partial charge on any atom is 0.303 e. The van der Waals surface area contributed by atoms with Gasteiger partial charge in [0.2, 0.25) is 5.78 Å². The molecule has 2 N–H and O–H groups in total. The maximum absolute atomic E-state index is 12.2. The predicted molar refractivity (Wildman–Crippen MR) is 99.3 cm³/mol. The first-order chi connectivity index (χ1) is 12.5. The van der Waals surface area contributed by atoms with Crippen LogP contribution in [0.15, 0.2) is 11.6 Å². The van der Waals surface area contributed by atoms with E-state index >= 15 is 0 Å². The highest BCUT2D eigenvalue weighted by Gasteiger charge is 2.46. The molecule has 0 bridgehead atoms. The summed E-state index contributed by atoms with van der Waals surface area (Å²) in [6.07, 6.45) is 11.5. The van der Waals surface area contributed by atoms with Gasteiger partial charge in [-0.3, -0.25) is 9.59 Å². The van der Waals surface area contributed by atoms with E-state index in [1.165, 1.54) is 24.8 Å². The highest BCUT2D eigenvalue weighted by atomic mass is 16.4. The van der Waals surface area contributed by atoms with E-state index in [9.17, 15) is 14.7 Å². The van der Waals surface area contributed by atoms with E-state index in [0.29, 0.717) is 37.0 Å². The Labute approximate surface area is 156 Å². The van der Waals surface area contributed by atoms with Crippen molar-refractivity contribution >= 4 is 11.8 Å². The number of aliphatic hydroxyl groups is 1. The van der Waals surface area contributed by atoms with Gasteiger partial charge in [-0.2, -0.15) is 0 Å². The lowest BCUT2D eigenvalue weighted by atomic mass is 9.57. The molecule has 4 unspecified atom stereocenters. The lowest BCUT2D eigenvalue weighted by Gasteiger charge is -2.48. The van der Waals surface area contributed by atoms with E-state index in [1.54, 1.807) is 0 Å². The van der Waals surface area contributed by atoms with Crippen molar-refractivity contribution in [1.29, 1.82) is 0 Å². The zero-order chi connectivity index (χ0) is 18.5. The van der Waals surface area contributed by atoms with Crippen LogP contribution in [-0.4, -0.2) is 28.1 Å². The van der Waals surface area contributed by atoms with Gasteiger partial charge in [-0.15, -0.1) is 0 Å². The summed E-state index contributed by atoms with van der Waals surface area (Å²) in [7, 11) is 0. The van der Waals surface area contributed by atoms with Crippen molar-refractivity contribution in [2.24, 2.45) is 23.7 Å². The largest absolute Gasteiger partial charge is 0.481 e. The Bertz CT molecular complexity index is 618. The van der Waals surface area contributed by atoms with Crippen LogP contribution in [-0.2, 0) is 9.59 Å². The summed E-state index contributed by atoms with van der Waals surface area (Å²) in [6, 6.07) is 0. The highest BCUT2D eigenvalue weighted by molar-refractivity contribution is 5.95. The first-order valence-corrected chi connectivity index (χ1v) is 10.2. The van der Waals surface area contributed by atoms with E-state index < -0.39 is 12.1 Å². The van der Waals surface area contributed by atoms with Crippen LogP contribution >= 0.6 is 0 Å². The molecule has 3 aliphatic rings. The van der Waals surface area contributed by atoms with Crippen molar-refractivity contribution < 1.29 is 19.8 Å². The van der Waals surface area contributed by atoms with E-state index in [-0.39, 0.29) is 18.1 Å². The van der Waals surface area contributed by atoms with Gasteiger partial charge in [0.15, 0.2) is 0 Å². The zero-order valence-corrected chi connectivity index (χ0v) is 15.5. The number of allylic oxidation sites excluding steroid dienone is 2. The van der Waals surface area contributed by atoms with Crippen molar-refractivity contribution in [3.05, 3.63) is 11.6 Å². The smallest absolute Gasteiger partial charge is 0.303 e. The van der Waals surface area contributed by atoms with Crippen molar-refractivity contribution in [2.45, 2.75) is 76.7 Å². The monoisotopic (exact) mass is 358 g/mol. The molecule has 0 aromatic heterocycles. The number of aliphatic hydroxyl groups excluding tert-OH is 1. The average Bonchev–Trinajstić information content (AvgIpc) is 2.59. The van der Waals surface area contributed by atoms with Gasteiger partial charge in [-0.1, -0.05) is 36.8 Å². The second kappa shape index (κ2) is 8.86. The lowest BCUT2D eigenvalue weighted by Crippen LogP contribution is -2.44. The molecule has 0 aliphatic heterocycles. The molecule has 3 saturated carbocycles. The number of aliphatic carboxylic acids is 1. The predicted octanol–water partition coefficient (Wildman–Crippen LogP) is 3.73. The molecule has 3 fully saturated rings. The van der Waals surface area contributed by atoms with Crippen LogP contribution < -0.4 is 0 Å². The Morgan fingerprint density at radius 3 is 2.62 bits per heavy atom. The SMILES string of the molecule is O=C(O)CCC=C1CC2C1CCC(O)C2C#CC(=O)CC1CCCCC1. The Balaban J connectivity index is 1.54. The second-order valence-corrected chi connectivity index (χ2v) is 8.26. The molecule has 142 valence electrons. The quantitative estimate of drug-likeness (QED) is 0.446. The fourth-order valence-electron chi connectivity index (χ4n) is 4.96. The molecule has 0 aromatic carbocycles. The fourth-order valence-corrected chi connectivity index (χ4v) is 4.96.